The fourth-order valence-electron chi connectivity index (χ4n) is 3.04. The SMILES string of the molecule is CSCc1nc2ccccc2n1CC(=O)Nc1ccc(C)c(S(=O)(=O)N(C)C)c1. The summed E-state index contributed by atoms with van der Waals surface area (Å²) >= 11 is 1.64. The number of sulfonamides is 1. The van der Waals surface area contributed by atoms with Crippen molar-refractivity contribution >= 4 is 44.4 Å². The maximum absolute atomic E-state index is 12.7. The zero-order chi connectivity index (χ0) is 21.2. The van der Waals surface area contributed by atoms with Crippen molar-refractivity contribution in [1.29, 1.82) is 0 Å². The first-order valence-electron chi connectivity index (χ1n) is 9.00. The fourth-order valence-corrected chi connectivity index (χ4v) is 4.66. The third-order valence-electron chi connectivity index (χ3n) is 4.54. The molecule has 0 atom stereocenters. The first kappa shape index (κ1) is 21.4. The summed E-state index contributed by atoms with van der Waals surface area (Å²) in [6.07, 6.45) is 1.99. The Bertz CT molecular complexity index is 1150. The molecule has 29 heavy (non-hydrogen) atoms. The van der Waals surface area contributed by atoms with Gasteiger partial charge in [0.1, 0.15) is 12.4 Å². The molecule has 0 saturated heterocycles. The highest BCUT2D eigenvalue weighted by molar-refractivity contribution is 7.97. The molecule has 1 N–H and O–H groups in total. The number of carbonyl (C=O) groups is 1. The van der Waals surface area contributed by atoms with Crippen LogP contribution in [0.25, 0.3) is 11.0 Å². The molecular weight excluding hydrogens is 408 g/mol. The number of aryl methyl sites for hydroxylation is 1. The van der Waals surface area contributed by atoms with Crippen LogP contribution < -0.4 is 5.32 Å². The van der Waals surface area contributed by atoms with Gasteiger partial charge in [-0.3, -0.25) is 4.79 Å². The number of benzene rings is 2. The number of para-hydroxylation sites is 2. The molecule has 0 aliphatic rings. The van der Waals surface area contributed by atoms with E-state index in [0.29, 0.717) is 17.0 Å². The average Bonchev–Trinajstić information content (AvgIpc) is 3.00. The van der Waals surface area contributed by atoms with Gasteiger partial charge in [0.2, 0.25) is 15.9 Å². The van der Waals surface area contributed by atoms with E-state index in [0.717, 1.165) is 21.2 Å². The lowest BCUT2D eigenvalue weighted by Gasteiger charge is -2.15. The second-order valence-electron chi connectivity index (χ2n) is 6.85. The molecule has 1 amide bonds. The third-order valence-corrected chi connectivity index (χ3v) is 7.04. The molecule has 2 aromatic carbocycles. The Morgan fingerprint density at radius 2 is 1.93 bits per heavy atom. The van der Waals surface area contributed by atoms with Crippen molar-refractivity contribution < 1.29 is 13.2 Å². The minimum atomic E-state index is -3.59. The van der Waals surface area contributed by atoms with Gasteiger partial charge in [-0.25, -0.2) is 17.7 Å². The zero-order valence-electron chi connectivity index (χ0n) is 16.8. The number of rotatable bonds is 7. The topological polar surface area (TPSA) is 84.3 Å². The second kappa shape index (κ2) is 8.56. The Morgan fingerprint density at radius 1 is 1.21 bits per heavy atom. The molecule has 0 bridgehead atoms. The van der Waals surface area contributed by atoms with Crippen molar-refractivity contribution in [2.75, 3.05) is 25.7 Å². The van der Waals surface area contributed by atoms with Crippen molar-refractivity contribution in [1.82, 2.24) is 13.9 Å². The highest BCUT2D eigenvalue weighted by atomic mass is 32.2. The van der Waals surface area contributed by atoms with E-state index in [9.17, 15) is 13.2 Å². The number of thioether (sulfide) groups is 1. The molecular formula is C20H24N4O3S2. The number of hydrogen-bond donors (Lipinski definition) is 1. The minimum Gasteiger partial charge on any atom is -0.324 e. The number of anilines is 1. The van der Waals surface area contributed by atoms with Gasteiger partial charge in [-0.2, -0.15) is 11.8 Å². The standard InChI is InChI=1S/C20H24N4O3S2/c1-14-9-10-15(11-18(14)29(26,27)23(2)3)21-20(25)12-24-17-8-6-5-7-16(17)22-19(24)13-28-4/h5-11H,12-13H2,1-4H3,(H,21,25). The van der Waals surface area contributed by atoms with Crippen LogP contribution in [0.2, 0.25) is 0 Å². The largest absolute Gasteiger partial charge is 0.324 e. The average molecular weight is 433 g/mol. The Morgan fingerprint density at radius 3 is 2.62 bits per heavy atom. The van der Waals surface area contributed by atoms with Gasteiger partial charge in [0.25, 0.3) is 0 Å². The Labute approximate surface area is 175 Å². The van der Waals surface area contributed by atoms with Gasteiger partial charge < -0.3 is 9.88 Å². The van der Waals surface area contributed by atoms with Crippen molar-refractivity contribution in [2.24, 2.45) is 0 Å². The first-order valence-corrected chi connectivity index (χ1v) is 11.8. The summed E-state index contributed by atoms with van der Waals surface area (Å²) in [5.41, 5.74) is 2.81. The molecule has 154 valence electrons. The van der Waals surface area contributed by atoms with Crippen LogP contribution >= 0.6 is 11.8 Å². The normalized spacial score (nSPS) is 11.9. The van der Waals surface area contributed by atoms with E-state index >= 15 is 0 Å². The van der Waals surface area contributed by atoms with Crippen LogP contribution in [-0.2, 0) is 27.1 Å². The maximum atomic E-state index is 12.7. The van der Waals surface area contributed by atoms with Gasteiger partial charge in [-0.05, 0) is 43.0 Å². The van der Waals surface area contributed by atoms with Gasteiger partial charge in [-0.15, -0.1) is 0 Å². The van der Waals surface area contributed by atoms with Gasteiger partial charge in [-0.1, -0.05) is 18.2 Å². The predicted molar refractivity (Wildman–Crippen MR) is 118 cm³/mol. The molecule has 3 aromatic rings. The number of amides is 1. The summed E-state index contributed by atoms with van der Waals surface area (Å²) in [6, 6.07) is 12.6. The van der Waals surface area contributed by atoms with E-state index in [-0.39, 0.29) is 17.3 Å². The number of hydrogen-bond acceptors (Lipinski definition) is 5. The lowest BCUT2D eigenvalue weighted by atomic mass is 10.2. The monoisotopic (exact) mass is 432 g/mol. The van der Waals surface area contributed by atoms with Crippen LogP contribution in [0, 0.1) is 6.92 Å². The third kappa shape index (κ3) is 4.47. The van der Waals surface area contributed by atoms with Crippen LogP contribution in [0.1, 0.15) is 11.4 Å². The van der Waals surface area contributed by atoms with Gasteiger partial charge >= 0.3 is 0 Å². The fraction of sp³-hybridized carbons (Fsp3) is 0.300. The van der Waals surface area contributed by atoms with Crippen molar-refractivity contribution in [2.45, 2.75) is 24.1 Å². The lowest BCUT2D eigenvalue weighted by Crippen LogP contribution is -2.24. The summed E-state index contributed by atoms with van der Waals surface area (Å²) in [6.45, 7) is 1.83. The van der Waals surface area contributed by atoms with Crippen LogP contribution in [-0.4, -0.2) is 48.5 Å². The molecule has 0 aliphatic carbocycles. The molecule has 0 saturated carbocycles. The Kier molecular flexibility index (Phi) is 6.30. The highest BCUT2D eigenvalue weighted by Gasteiger charge is 2.21. The summed E-state index contributed by atoms with van der Waals surface area (Å²) in [7, 11) is -0.627. The molecule has 0 fully saturated rings. The molecule has 0 radical (unpaired) electrons. The molecule has 0 aliphatic heterocycles. The molecule has 1 heterocycles. The Hall–Kier alpha value is -2.36. The van der Waals surface area contributed by atoms with E-state index in [1.165, 1.54) is 20.2 Å². The van der Waals surface area contributed by atoms with Gasteiger partial charge in [0.05, 0.1) is 21.7 Å². The zero-order valence-corrected chi connectivity index (χ0v) is 18.5. The lowest BCUT2D eigenvalue weighted by molar-refractivity contribution is -0.116. The van der Waals surface area contributed by atoms with Crippen LogP contribution in [0.4, 0.5) is 5.69 Å². The Balaban J connectivity index is 1.87. The molecule has 9 heteroatoms. The number of aromatic nitrogens is 2. The second-order valence-corrected chi connectivity index (χ2v) is 9.84. The summed E-state index contributed by atoms with van der Waals surface area (Å²) in [4.78, 5) is 17.5. The van der Waals surface area contributed by atoms with Crippen molar-refractivity contribution in [3.63, 3.8) is 0 Å². The molecule has 7 nitrogen and oxygen atoms in total. The summed E-state index contributed by atoms with van der Waals surface area (Å²) in [5.74, 6) is 1.28. The highest BCUT2D eigenvalue weighted by Crippen LogP contribution is 2.23. The molecule has 3 rings (SSSR count). The quantitative estimate of drug-likeness (QED) is 0.620. The van der Waals surface area contributed by atoms with Gasteiger partial charge in [0.15, 0.2) is 0 Å². The van der Waals surface area contributed by atoms with E-state index in [1.54, 1.807) is 30.8 Å². The smallest absolute Gasteiger partial charge is 0.244 e. The van der Waals surface area contributed by atoms with E-state index in [4.69, 9.17) is 0 Å². The van der Waals surface area contributed by atoms with E-state index in [1.807, 2.05) is 35.1 Å². The summed E-state index contributed by atoms with van der Waals surface area (Å²) < 4.78 is 28.1. The number of nitrogens with zero attached hydrogens (tertiary/aromatic N) is 3. The van der Waals surface area contributed by atoms with Crippen LogP contribution in [0.5, 0.6) is 0 Å². The van der Waals surface area contributed by atoms with Crippen molar-refractivity contribution in [3.8, 4) is 0 Å². The summed E-state index contributed by atoms with van der Waals surface area (Å²) in [5, 5.41) is 2.82. The minimum absolute atomic E-state index is 0.0973. The number of imidazole rings is 1. The number of carbonyl (C=O) groups excluding carboxylic acids is 1. The van der Waals surface area contributed by atoms with Crippen molar-refractivity contribution in [3.05, 3.63) is 53.9 Å². The maximum Gasteiger partial charge on any atom is 0.244 e. The molecule has 0 spiro atoms. The van der Waals surface area contributed by atoms with E-state index < -0.39 is 10.0 Å². The predicted octanol–water partition coefficient (Wildman–Crippen LogP) is 3.10. The number of fused-ring (bicyclic) bond motifs is 1. The van der Waals surface area contributed by atoms with Gasteiger partial charge in [0, 0.05) is 19.8 Å². The molecule has 1 aromatic heterocycles. The number of nitrogens with one attached hydrogen (secondary N) is 1. The first-order chi connectivity index (χ1) is 13.7. The van der Waals surface area contributed by atoms with Crippen LogP contribution in [0.3, 0.4) is 0 Å². The molecule has 0 unspecified atom stereocenters. The van der Waals surface area contributed by atoms with Crippen LogP contribution in [0.15, 0.2) is 47.4 Å². The van der Waals surface area contributed by atoms with E-state index in [2.05, 4.69) is 10.3 Å².